The number of sulfone groups is 1. The number of fused-ring (bicyclic) bond motifs is 1. The first kappa shape index (κ1) is 21.2. The van der Waals surface area contributed by atoms with Crippen LogP contribution < -0.4 is 11.2 Å². The number of aromatic nitrogens is 3. The molecule has 4 heterocycles. The van der Waals surface area contributed by atoms with Gasteiger partial charge in [-0.15, -0.1) is 0 Å². The standard InChI is InChI=1S/C20H24N4O6S/c1-4-7-24-16(9-15-17(24)21(2)20(27)22(3)18(15)25)19(26)23-10-14(11-23)31(28,29)12-13-6-5-8-30-13/h5-6,8-9,14H,4,7,10-12H2,1-3H3. The molecule has 0 spiro atoms. The van der Waals surface area contributed by atoms with Gasteiger partial charge in [0.25, 0.3) is 11.5 Å². The Hall–Kier alpha value is -3.08. The maximum atomic E-state index is 13.2. The summed E-state index contributed by atoms with van der Waals surface area (Å²) in [5, 5.41) is -0.383. The molecule has 0 saturated carbocycles. The zero-order valence-electron chi connectivity index (χ0n) is 17.6. The third kappa shape index (κ3) is 3.42. The average molecular weight is 449 g/mol. The van der Waals surface area contributed by atoms with Gasteiger partial charge < -0.3 is 13.9 Å². The van der Waals surface area contributed by atoms with Crippen LogP contribution in [0.5, 0.6) is 0 Å². The normalized spacial score (nSPS) is 14.9. The monoisotopic (exact) mass is 448 g/mol. The van der Waals surface area contributed by atoms with Gasteiger partial charge in [0.2, 0.25) is 0 Å². The number of carbonyl (C=O) groups is 1. The predicted molar refractivity (Wildman–Crippen MR) is 114 cm³/mol. The van der Waals surface area contributed by atoms with Crippen molar-refractivity contribution in [1.29, 1.82) is 0 Å². The second-order valence-electron chi connectivity index (χ2n) is 7.84. The molecule has 0 N–H and O–H groups in total. The van der Waals surface area contributed by atoms with E-state index in [9.17, 15) is 22.8 Å². The van der Waals surface area contributed by atoms with Crippen LogP contribution in [0.1, 0.15) is 29.6 Å². The zero-order valence-corrected chi connectivity index (χ0v) is 18.4. The Kier molecular flexibility index (Phi) is 5.16. The van der Waals surface area contributed by atoms with E-state index in [1.807, 2.05) is 6.92 Å². The summed E-state index contributed by atoms with van der Waals surface area (Å²) in [6, 6.07) is 4.73. The summed E-state index contributed by atoms with van der Waals surface area (Å²) in [7, 11) is -0.502. The number of rotatable bonds is 6. The van der Waals surface area contributed by atoms with Crippen molar-refractivity contribution in [2.24, 2.45) is 14.1 Å². The molecule has 0 aliphatic carbocycles. The second-order valence-corrected chi connectivity index (χ2v) is 10.1. The summed E-state index contributed by atoms with van der Waals surface area (Å²) >= 11 is 0. The molecule has 4 rings (SSSR count). The molecular formula is C20H24N4O6S. The van der Waals surface area contributed by atoms with E-state index in [4.69, 9.17) is 4.42 Å². The quantitative estimate of drug-likeness (QED) is 0.542. The topological polar surface area (TPSA) is 117 Å². The number of amides is 1. The number of hydrogen-bond donors (Lipinski definition) is 0. The summed E-state index contributed by atoms with van der Waals surface area (Å²) in [5.74, 6) is -0.200. The molecule has 0 bridgehead atoms. The predicted octanol–water partition coefficient (Wildman–Crippen LogP) is 0.481. The lowest BCUT2D eigenvalue weighted by molar-refractivity contribution is 0.0647. The highest BCUT2D eigenvalue weighted by molar-refractivity contribution is 7.91. The van der Waals surface area contributed by atoms with Crippen molar-refractivity contribution in [2.75, 3.05) is 13.1 Å². The van der Waals surface area contributed by atoms with Crippen molar-refractivity contribution in [3.05, 3.63) is 56.8 Å². The van der Waals surface area contributed by atoms with Crippen molar-refractivity contribution in [2.45, 2.75) is 30.9 Å². The number of carbonyl (C=O) groups excluding carboxylic acids is 1. The molecule has 3 aromatic rings. The Morgan fingerprint density at radius 1 is 1.19 bits per heavy atom. The molecule has 3 aromatic heterocycles. The van der Waals surface area contributed by atoms with Crippen LogP contribution in [0.25, 0.3) is 11.0 Å². The van der Waals surface area contributed by atoms with Crippen molar-refractivity contribution >= 4 is 26.8 Å². The van der Waals surface area contributed by atoms with Crippen LogP contribution in [0.4, 0.5) is 0 Å². The van der Waals surface area contributed by atoms with Gasteiger partial charge in [-0.3, -0.25) is 18.7 Å². The van der Waals surface area contributed by atoms with E-state index < -0.39 is 26.3 Å². The Bertz CT molecular complexity index is 1370. The smallest absolute Gasteiger partial charge is 0.332 e. The molecule has 1 aliphatic heterocycles. The summed E-state index contributed by atoms with van der Waals surface area (Å²) in [6.45, 7) is 2.53. The first-order chi connectivity index (χ1) is 14.7. The summed E-state index contributed by atoms with van der Waals surface area (Å²) < 4.78 is 34.3. The molecule has 1 fully saturated rings. The Morgan fingerprint density at radius 2 is 1.90 bits per heavy atom. The fourth-order valence-corrected chi connectivity index (χ4v) is 5.58. The molecule has 10 nitrogen and oxygen atoms in total. The highest BCUT2D eigenvalue weighted by atomic mass is 32.2. The van der Waals surface area contributed by atoms with E-state index >= 15 is 0 Å². The second kappa shape index (κ2) is 7.56. The van der Waals surface area contributed by atoms with Crippen LogP contribution in [0.2, 0.25) is 0 Å². The minimum absolute atomic E-state index is 0.0759. The van der Waals surface area contributed by atoms with Crippen molar-refractivity contribution in [1.82, 2.24) is 18.6 Å². The first-order valence-corrected chi connectivity index (χ1v) is 11.7. The largest absolute Gasteiger partial charge is 0.468 e. The van der Waals surface area contributed by atoms with Gasteiger partial charge >= 0.3 is 5.69 Å². The highest BCUT2D eigenvalue weighted by Gasteiger charge is 2.41. The van der Waals surface area contributed by atoms with Crippen molar-refractivity contribution < 1.29 is 17.6 Å². The van der Waals surface area contributed by atoms with Gasteiger partial charge in [0, 0.05) is 33.7 Å². The minimum atomic E-state index is -3.46. The summed E-state index contributed by atoms with van der Waals surface area (Å²) in [4.78, 5) is 39.6. The van der Waals surface area contributed by atoms with Crippen LogP contribution in [0.3, 0.4) is 0 Å². The SMILES string of the molecule is CCCn1c(C(=O)N2CC(S(=O)(=O)Cc3ccco3)C2)cc2c(=O)n(C)c(=O)n(C)c21. The molecule has 31 heavy (non-hydrogen) atoms. The molecule has 1 amide bonds. The molecule has 1 aliphatic rings. The van der Waals surface area contributed by atoms with Crippen LogP contribution in [0.15, 0.2) is 38.5 Å². The van der Waals surface area contributed by atoms with Crippen LogP contribution in [0, 0.1) is 0 Å². The molecule has 0 aromatic carbocycles. The summed E-state index contributed by atoms with van der Waals surface area (Å²) in [6.07, 6.45) is 2.11. The van der Waals surface area contributed by atoms with Gasteiger partial charge in [-0.2, -0.15) is 0 Å². The maximum Gasteiger partial charge on any atom is 0.332 e. The van der Waals surface area contributed by atoms with E-state index in [2.05, 4.69) is 0 Å². The Labute approximate surface area is 178 Å². The molecule has 0 radical (unpaired) electrons. The zero-order chi connectivity index (χ0) is 22.5. The number of hydrogen-bond acceptors (Lipinski definition) is 6. The molecule has 0 unspecified atom stereocenters. The number of nitrogens with zero attached hydrogens (tertiary/aromatic N) is 4. The fraction of sp³-hybridized carbons (Fsp3) is 0.450. The summed E-state index contributed by atoms with van der Waals surface area (Å²) in [5.41, 5.74) is -0.276. The maximum absolute atomic E-state index is 13.2. The van der Waals surface area contributed by atoms with Crippen LogP contribution in [-0.2, 0) is 36.2 Å². The lowest BCUT2D eigenvalue weighted by atomic mass is 10.2. The minimum Gasteiger partial charge on any atom is -0.468 e. The fourth-order valence-electron chi connectivity index (χ4n) is 3.97. The lowest BCUT2D eigenvalue weighted by Crippen LogP contribution is -2.57. The third-order valence-corrected chi connectivity index (χ3v) is 7.73. The van der Waals surface area contributed by atoms with Gasteiger partial charge in [0.1, 0.15) is 22.9 Å². The third-order valence-electron chi connectivity index (χ3n) is 5.73. The van der Waals surface area contributed by atoms with Crippen molar-refractivity contribution in [3.8, 4) is 0 Å². The van der Waals surface area contributed by atoms with E-state index in [0.29, 0.717) is 24.4 Å². The van der Waals surface area contributed by atoms with Gasteiger partial charge in [-0.1, -0.05) is 6.92 Å². The van der Waals surface area contributed by atoms with E-state index in [-0.39, 0.29) is 35.8 Å². The number of furan rings is 1. The molecule has 166 valence electrons. The van der Waals surface area contributed by atoms with Crippen LogP contribution >= 0.6 is 0 Å². The van der Waals surface area contributed by atoms with Gasteiger partial charge in [-0.25, -0.2) is 13.2 Å². The molecular weight excluding hydrogens is 424 g/mol. The first-order valence-electron chi connectivity index (χ1n) is 9.98. The van der Waals surface area contributed by atoms with Gasteiger partial charge in [-0.05, 0) is 24.6 Å². The number of likely N-dealkylation sites (tertiary alicyclic amines) is 1. The van der Waals surface area contributed by atoms with Gasteiger partial charge in [0.15, 0.2) is 9.84 Å². The highest BCUT2D eigenvalue weighted by Crippen LogP contribution is 2.25. The molecule has 11 heteroatoms. The molecule has 0 atom stereocenters. The Morgan fingerprint density at radius 3 is 2.52 bits per heavy atom. The van der Waals surface area contributed by atoms with Crippen molar-refractivity contribution in [3.63, 3.8) is 0 Å². The lowest BCUT2D eigenvalue weighted by Gasteiger charge is -2.38. The Balaban J connectivity index is 1.64. The molecule has 1 saturated heterocycles. The van der Waals surface area contributed by atoms with E-state index in [1.165, 1.54) is 28.8 Å². The van der Waals surface area contributed by atoms with Gasteiger partial charge in [0.05, 0.1) is 16.9 Å². The van der Waals surface area contributed by atoms with Crippen LogP contribution in [-0.4, -0.2) is 51.3 Å². The average Bonchev–Trinajstić information content (AvgIpc) is 3.31. The number of aryl methyl sites for hydroxylation is 2. The van der Waals surface area contributed by atoms with E-state index in [1.54, 1.807) is 23.7 Å². The van der Waals surface area contributed by atoms with E-state index in [0.717, 1.165) is 4.57 Å².